The molecular weight excluding hydrogens is 290 g/mol. The van der Waals surface area contributed by atoms with Crippen molar-refractivity contribution in [1.29, 1.82) is 0 Å². The molecule has 0 radical (unpaired) electrons. The first-order valence-corrected chi connectivity index (χ1v) is 8.22. The molecule has 0 aliphatic carbocycles. The molecule has 0 bridgehead atoms. The summed E-state index contributed by atoms with van der Waals surface area (Å²) in [6.45, 7) is 3.80. The van der Waals surface area contributed by atoms with Crippen molar-refractivity contribution in [2.24, 2.45) is 0 Å². The topological polar surface area (TPSA) is 85.1 Å². The molecule has 2 unspecified atom stereocenters. The number of nitro benzene ring substituents is 1. The third-order valence-electron chi connectivity index (χ3n) is 3.02. The van der Waals surface area contributed by atoms with Gasteiger partial charge in [-0.1, -0.05) is 0 Å². The van der Waals surface area contributed by atoms with Crippen molar-refractivity contribution in [1.82, 2.24) is 4.98 Å². The Morgan fingerprint density at radius 3 is 2.76 bits per heavy atom. The standard InChI is InChI=1S/C14H17N3O3S/c1-9-6-14(16-10(2)8-21(3)20)12-7-11(17(18)19)4-5-13(12)15-9/h4-7,10H,8H2,1-3H3,(H,15,16). The smallest absolute Gasteiger partial charge is 0.270 e. The molecule has 0 aliphatic heterocycles. The molecule has 2 aromatic rings. The summed E-state index contributed by atoms with van der Waals surface area (Å²) in [5.41, 5.74) is 2.33. The van der Waals surface area contributed by atoms with Gasteiger partial charge in [0.25, 0.3) is 5.69 Å². The third-order valence-corrected chi connectivity index (χ3v) is 3.99. The molecule has 112 valence electrons. The van der Waals surface area contributed by atoms with Gasteiger partial charge in [-0.15, -0.1) is 0 Å². The van der Waals surface area contributed by atoms with Crippen LogP contribution in [0, 0.1) is 17.0 Å². The van der Waals surface area contributed by atoms with Crippen molar-refractivity contribution in [3.63, 3.8) is 0 Å². The van der Waals surface area contributed by atoms with Gasteiger partial charge in [-0.25, -0.2) is 0 Å². The van der Waals surface area contributed by atoms with E-state index in [0.717, 1.165) is 11.4 Å². The SMILES string of the molecule is Cc1cc(NC(C)CS(C)=O)c2cc([N+](=O)[O-])ccc2n1. The van der Waals surface area contributed by atoms with Crippen LogP contribution in [-0.4, -0.2) is 32.2 Å². The van der Waals surface area contributed by atoms with E-state index in [1.54, 1.807) is 12.3 Å². The summed E-state index contributed by atoms with van der Waals surface area (Å²) >= 11 is 0. The summed E-state index contributed by atoms with van der Waals surface area (Å²) in [7, 11) is -0.906. The van der Waals surface area contributed by atoms with E-state index >= 15 is 0 Å². The minimum Gasteiger partial charge on any atom is -0.381 e. The molecule has 1 aromatic heterocycles. The van der Waals surface area contributed by atoms with Crippen LogP contribution in [0.5, 0.6) is 0 Å². The van der Waals surface area contributed by atoms with E-state index in [1.807, 2.05) is 19.9 Å². The van der Waals surface area contributed by atoms with Gasteiger partial charge in [0, 0.05) is 57.8 Å². The number of fused-ring (bicyclic) bond motifs is 1. The number of non-ortho nitro benzene ring substituents is 1. The average Bonchev–Trinajstić information content (AvgIpc) is 2.36. The maximum absolute atomic E-state index is 11.3. The van der Waals surface area contributed by atoms with E-state index < -0.39 is 15.7 Å². The highest BCUT2D eigenvalue weighted by atomic mass is 32.2. The Bertz CT molecular complexity index is 718. The van der Waals surface area contributed by atoms with Crippen LogP contribution in [0.2, 0.25) is 0 Å². The lowest BCUT2D eigenvalue weighted by atomic mass is 10.1. The van der Waals surface area contributed by atoms with Crippen molar-refractivity contribution in [3.8, 4) is 0 Å². The number of rotatable bonds is 5. The third kappa shape index (κ3) is 3.75. The number of nitrogens with one attached hydrogen (secondary N) is 1. The number of anilines is 1. The van der Waals surface area contributed by atoms with Gasteiger partial charge < -0.3 is 5.32 Å². The molecule has 1 N–H and O–H groups in total. The summed E-state index contributed by atoms with van der Waals surface area (Å²) in [6, 6.07) is 6.46. The Hall–Kier alpha value is -2.02. The second-order valence-electron chi connectivity index (χ2n) is 5.06. The Labute approximate surface area is 125 Å². The summed E-state index contributed by atoms with van der Waals surface area (Å²) < 4.78 is 11.3. The molecule has 0 spiro atoms. The van der Waals surface area contributed by atoms with Gasteiger partial charge >= 0.3 is 0 Å². The molecule has 2 atom stereocenters. The zero-order valence-corrected chi connectivity index (χ0v) is 12.9. The van der Waals surface area contributed by atoms with Gasteiger partial charge in [-0.2, -0.15) is 0 Å². The van der Waals surface area contributed by atoms with E-state index in [0.29, 0.717) is 16.7 Å². The fourth-order valence-corrected chi connectivity index (χ4v) is 3.03. The summed E-state index contributed by atoms with van der Waals surface area (Å²) in [5.74, 6) is 0.512. The Morgan fingerprint density at radius 1 is 1.43 bits per heavy atom. The predicted molar refractivity (Wildman–Crippen MR) is 85.2 cm³/mol. The van der Waals surface area contributed by atoms with Crippen molar-refractivity contribution in [2.75, 3.05) is 17.3 Å². The van der Waals surface area contributed by atoms with E-state index in [1.165, 1.54) is 12.1 Å². The largest absolute Gasteiger partial charge is 0.381 e. The number of aromatic nitrogens is 1. The number of nitrogens with zero attached hydrogens (tertiary/aromatic N) is 2. The summed E-state index contributed by atoms with van der Waals surface area (Å²) in [4.78, 5) is 14.9. The normalized spacial score (nSPS) is 13.9. The van der Waals surface area contributed by atoms with Gasteiger partial charge in [0.1, 0.15) is 0 Å². The van der Waals surface area contributed by atoms with Crippen LogP contribution in [0.1, 0.15) is 12.6 Å². The fourth-order valence-electron chi connectivity index (χ4n) is 2.24. The number of hydrogen-bond donors (Lipinski definition) is 1. The van der Waals surface area contributed by atoms with E-state index in [2.05, 4.69) is 10.3 Å². The van der Waals surface area contributed by atoms with Crippen LogP contribution >= 0.6 is 0 Å². The first kappa shape index (κ1) is 15.4. The highest BCUT2D eigenvalue weighted by Gasteiger charge is 2.12. The highest BCUT2D eigenvalue weighted by molar-refractivity contribution is 7.84. The van der Waals surface area contributed by atoms with E-state index in [9.17, 15) is 14.3 Å². The predicted octanol–water partition coefficient (Wildman–Crippen LogP) is 2.63. The molecule has 0 amide bonds. The Morgan fingerprint density at radius 2 is 2.14 bits per heavy atom. The number of hydrogen-bond acceptors (Lipinski definition) is 5. The Kier molecular flexibility index (Phi) is 4.52. The maximum Gasteiger partial charge on any atom is 0.270 e. The van der Waals surface area contributed by atoms with Gasteiger partial charge in [0.2, 0.25) is 0 Å². The Balaban J connectivity index is 2.47. The van der Waals surface area contributed by atoms with Crippen LogP contribution in [0.25, 0.3) is 10.9 Å². The first-order valence-electron chi connectivity index (χ1n) is 6.49. The lowest BCUT2D eigenvalue weighted by molar-refractivity contribution is -0.384. The van der Waals surface area contributed by atoms with Crippen molar-refractivity contribution >= 4 is 33.1 Å². The van der Waals surface area contributed by atoms with Crippen LogP contribution < -0.4 is 5.32 Å². The second kappa shape index (κ2) is 6.17. The monoisotopic (exact) mass is 307 g/mol. The molecule has 0 saturated heterocycles. The van der Waals surface area contributed by atoms with Crippen molar-refractivity contribution < 1.29 is 9.13 Å². The molecule has 1 heterocycles. The highest BCUT2D eigenvalue weighted by Crippen LogP contribution is 2.27. The maximum atomic E-state index is 11.3. The number of nitro groups is 1. The van der Waals surface area contributed by atoms with Crippen LogP contribution in [0.3, 0.4) is 0 Å². The van der Waals surface area contributed by atoms with Crippen LogP contribution in [0.4, 0.5) is 11.4 Å². The van der Waals surface area contributed by atoms with Gasteiger partial charge in [0.15, 0.2) is 0 Å². The van der Waals surface area contributed by atoms with Crippen LogP contribution in [-0.2, 0) is 10.8 Å². The molecule has 21 heavy (non-hydrogen) atoms. The zero-order chi connectivity index (χ0) is 15.6. The lowest BCUT2D eigenvalue weighted by Crippen LogP contribution is -2.22. The van der Waals surface area contributed by atoms with Gasteiger partial charge in [-0.05, 0) is 26.0 Å². The van der Waals surface area contributed by atoms with Crippen molar-refractivity contribution in [3.05, 3.63) is 40.1 Å². The lowest BCUT2D eigenvalue weighted by Gasteiger charge is -2.16. The van der Waals surface area contributed by atoms with Gasteiger partial charge in [-0.3, -0.25) is 19.3 Å². The summed E-state index contributed by atoms with van der Waals surface area (Å²) in [6.07, 6.45) is 1.65. The molecule has 6 nitrogen and oxygen atoms in total. The second-order valence-corrected chi connectivity index (χ2v) is 6.53. The van der Waals surface area contributed by atoms with Crippen LogP contribution in [0.15, 0.2) is 24.3 Å². The molecule has 7 heteroatoms. The minimum absolute atomic E-state index is 0.0000885. The molecular formula is C14H17N3O3S. The summed E-state index contributed by atoms with van der Waals surface area (Å²) in [5, 5.41) is 14.9. The molecule has 1 aromatic carbocycles. The number of pyridine rings is 1. The number of benzene rings is 1. The average molecular weight is 307 g/mol. The molecule has 0 aliphatic rings. The molecule has 0 saturated carbocycles. The zero-order valence-electron chi connectivity index (χ0n) is 12.1. The van der Waals surface area contributed by atoms with Gasteiger partial charge in [0.05, 0.1) is 10.4 Å². The fraction of sp³-hybridized carbons (Fsp3) is 0.357. The quantitative estimate of drug-likeness (QED) is 0.678. The number of aryl methyl sites for hydroxylation is 1. The minimum atomic E-state index is -0.906. The van der Waals surface area contributed by atoms with E-state index in [4.69, 9.17) is 0 Å². The molecule has 2 rings (SSSR count). The molecule has 0 fully saturated rings. The van der Waals surface area contributed by atoms with E-state index in [-0.39, 0.29) is 11.7 Å². The van der Waals surface area contributed by atoms with Crippen molar-refractivity contribution in [2.45, 2.75) is 19.9 Å². The first-order chi connectivity index (χ1) is 9.86.